The van der Waals surface area contributed by atoms with Crippen molar-refractivity contribution >= 4 is 28.2 Å². The summed E-state index contributed by atoms with van der Waals surface area (Å²) in [5, 5.41) is 4.12. The fraction of sp³-hybridized carbons (Fsp3) is 0.182. The summed E-state index contributed by atoms with van der Waals surface area (Å²) < 4.78 is 0. The number of thioether (sulfide) groups is 1. The molecule has 1 aromatic carbocycles. The van der Waals surface area contributed by atoms with Crippen molar-refractivity contribution in [1.82, 2.24) is 4.98 Å². The minimum atomic E-state index is 1.01. The predicted molar refractivity (Wildman–Crippen MR) is 66.7 cm³/mol. The first-order valence-corrected chi connectivity index (χ1v) is 6.58. The van der Waals surface area contributed by atoms with Crippen LogP contribution >= 0.6 is 23.1 Å². The van der Waals surface area contributed by atoms with E-state index in [4.69, 9.17) is 0 Å². The highest BCUT2D eigenvalue weighted by Crippen LogP contribution is 2.44. The molecular formula is C11H10N2S2. The maximum Gasteiger partial charge on any atom is 0.183 e. The van der Waals surface area contributed by atoms with Gasteiger partial charge in [-0.2, -0.15) is 0 Å². The molecule has 1 N–H and O–H groups in total. The van der Waals surface area contributed by atoms with Gasteiger partial charge in [0, 0.05) is 28.1 Å². The zero-order valence-electron chi connectivity index (χ0n) is 8.28. The van der Waals surface area contributed by atoms with Crippen LogP contribution in [0.5, 0.6) is 0 Å². The highest BCUT2D eigenvalue weighted by molar-refractivity contribution is 7.98. The summed E-state index contributed by atoms with van der Waals surface area (Å²) in [7, 11) is 1.92. The average molecular weight is 234 g/mol. The molecule has 76 valence electrons. The van der Waals surface area contributed by atoms with Gasteiger partial charge in [-0.1, -0.05) is 18.2 Å². The van der Waals surface area contributed by atoms with Crippen LogP contribution in [0, 0.1) is 0 Å². The zero-order chi connectivity index (χ0) is 10.3. The van der Waals surface area contributed by atoms with E-state index in [-0.39, 0.29) is 0 Å². The molecule has 0 radical (unpaired) electrons. The maximum atomic E-state index is 4.60. The number of aromatic nitrogens is 1. The second-order valence-electron chi connectivity index (χ2n) is 3.33. The van der Waals surface area contributed by atoms with Crippen molar-refractivity contribution in [2.75, 3.05) is 12.4 Å². The lowest BCUT2D eigenvalue weighted by atomic mass is 10.1. The Hall–Kier alpha value is -1.00. The molecule has 1 aromatic heterocycles. The van der Waals surface area contributed by atoms with Crippen LogP contribution in [0.2, 0.25) is 0 Å². The molecule has 2 aromatic rings. The molecule has 0 saturated heterocycles. The molecule has 2 nitrogen and oxygen atoms in total. The summed E-state index contributed by atoms with van der Waals surface area (Å²) in [6, 6.07) is 8.48. The van der Waals surface area contributed by atoms with Crippen LogP contribution in [0.4, 0.5) is 5.13 Å². The van der Waals surface area contributed by atoms with Gasteiger partial charge in [0.25, 0.3) is 0 Å². The number of nitrogens with one attached hydrogen (secondary N) is 1. The summed E-state index contributed by atoms with van der Waals surface area (Å²) in [4.78, 5) is 7.33. The van der Waals surface area contributed by atoms with Gasteiger partial charge in [0.15, 0.2) is 5.13 Å². The SMILES string of the molecule is CNc1nc2c(s1)CSc1ccccc1-2. The molecule has 0 bridgehead atoms. The molecule has 0 amide bonds. The highest BCUT2D eigenvalue weighted by atomic mass is 32.2. The summed E-state index contributed by atoms with van der Waals surface area (Å²) in [6.45, 7) is 0. The van der Waals surface area contributed by atoms with Gasteiger partial charge >= 0.3 is 0 Å². The summed E-state index contributed by atoms with van der Waals surface area (Å²) in [5.74, 6) is 1.05. The molecule has 0 atom stereocenters. The Labute approximate surface area is 96.7 Å². The lowest BCUT2D eigenvalue weighted by Crippen LogP contribution is -1.93. The summed E-state index contributed by atoms with van der Waals surface area (Å²) in [5.41, 5.74) is 2.44. The maximum absolute atomic E-state index is 4.60. The van der Waals surface area contributed by atoms with Gasteiger partial charge in [0.1, 0.15) is 0 Å². The van der Waals surface area contributed by atoms with Crippen molar-refractivity contribution in [1.29, 1.82) is 0 Å². The van der Waals surface area contributed by atoms with Crippen LogP contribution in [0.3, 0.4) is 0 Å². The molecule has 0 saturated carbocycles. The van der Waals surface area contributed by atoms with Crippen molar-refractivity contribution in [3.63, 3.8) is 0 Å². The molecule has 0 spiro atoms. The largest absolute Gasteiger partial charge is 0.365 e. The normalized spacial score (nSPS) is 13.1. The molecule has 15 heavy (non-hydrogen) atoms. The highest BCUT2D eigenvalue weighted by Gasteiger charge is 2.20. The number of hydrogen-bond donors (Lipinski definition) is 1. The Morgan fingerprint density at radius 1 is 1.33 bits per heavy atom. The quantitative estimate of drug-likeness (QED) is 0.818. The van der Waals surface area contributed by atoms with E-state index in [9.17, 15) is 0 Å². The van der Waals surface area contributed by atoms with Crippen LogP contribution in [-0.2, 0) is 5.75 Å². The van der Waals surface area contributed by atoms with Gasteiger partial charge in [0.05, 0.1) is 5.69 Å². The van der Waals surface area contributed by atoms with E-state index >= 15 is 0 Å². The van der Waals surface area contributed by atoms with E-state index in [1.807, 2.05) is 18.8 Å². The van der Waals surface area contributed by atoms with Crippen LogP contribution < -0.4 is 5.32 Å². The summed E-state index contributed by atoms with van der Waals surface area (Å²) in [6.07, 6.45) is 0. The lowest BCUT2D eigenvalue weighted by Gasteiger charge is -2.13. The Bertz CT molecular complexity index is 505. The predicted octanol–water partition coefficient (Wildman–Crippen LogP) is 3.46. The van der Waals surface area contributed by atoms with Gasteiger partial charge in [-0.15, -0.1) is 23.1 Å². The van der Waals surface area contributed by atoms with Gasteiger partial charge in [0.2, 0.25) is 0 Å². The number of thiazole rings is 1. The Balaban J connectivity index is 2.20. The monoisotopic (exact) mass is 234 g/mol. The van der Waals surface area contributed by atoms with E-state index < -0.39 is 0 Å². The van der Waals surface area contributed by atoms with E-state index in [2.05, 4.69) is 34.6 Å². The van der Waals surface area contributed by atoms with Gasteiger partial charge in [-0.3, -0.25) is 0 Å². The molecule has 1 aliphatic rings. The van der Waals surface area contributed by atoms with Crippen molar-refractivity contribution < 1.29 is 0 Å². The molecule has 1 aliphatic heterocycles. The van der Waals surface area contributed by atoms with Crippen LogP contribution in [0.1, 0.15) is 4.88 Å². The number of benzene rings is 1. The second kappa shape index (κ2) is 3.54. The Kier molecular flexibility index (Phi) is 2.18. The first kappa shape index (κ1) is 9.24. The van der Waals surface area contributed by atoms with Crippen molar-refractivity contribution in [3.8, 4) is 11.3 Å². The van der Waals surface area contributed by atoms with Gasteiger partial charge in [-0.25, -0.2) is 4.98 Å². The Morgan fingerprint density at radius 2 is 2.20 bits per heavy atom. The van der Waals surface area contributed by atoms with Gasteiger partial charge < -0.3 is 5.32 Å². The number of rotatable bonds is 1. The summed E-state index contributed by atoms with van der Waals surface area (Å²) >= 11 is 3.65. The van der Waals surface area contributed by atoms with E-state index in [0.717, 1.165) is 10.9 Å². The molecule has 0 fully saturated rings. The van der Waals surface area contributed by atoms with Gasteiger partial charge in [-0.05, 0) is 6.07 Å². The van der Waals surface area contributed by atoms with E-state index in [0.29, 0.717) is 0 Å². The first-order chi connectivity index (χ1) is 7.38. The molecular weight excluding hydrogens is 224 g/mol. The standard InChI is InChI=1S/C11H10N2S2/c1-12-11-13-10-7-4-2-3-5-8(7)14-6-9(10)15-11/h2-5H,6H2,1H3,(H,12,13). The number of hydrogen-bond acceptors (Lipinski definition) is 4. The molecule has 2 heterocycles. The van der Waals surface area contributed by atoms with Crippen LogP contribution in [0.25, 0.3) is 11.3 Å². The minimum Gasteiger partial charge on any atom is -0.365 e. The van der Waals surface area contributed by atoms with E-state index in [1.54, 1.807) is 11.3 Å². The number of fused-ring (bicyclic) bond motifs is 3. The Morgan fingerprint density at radius 3 is 3.07 bits per heavy atom. The fourth-order valence-corrected chi connectivity index (χ4v) is 3.75. The zero-order valence-corrected chi connectivity index (χ0v) is 9.91. The number of nitrogens with zero attached hydrogens (tertiary/aromatic N) is 1. The smallest absolute Gasteiger partial charge is 0.183 e. The third-order valence-electron chi connectivity index (χ3n) is 2.41. The van der Waals surface area contributed by atoms with Crippen molar-refractivity contribution in [2.24, 2.45) is 0 Å². The molecule has 0 unspecified atom stereocenters. The second-order valence-corrected chi connectivity index (χ2v) is 5.43. The fourth-order valence-electron chi connectivity index (χ4n) is 1.70. The first-order valence-electron chi connectivity index (χ1n) is 4.78. The molecule has 4 heteroatoms. The van der Waals surface area contributed by atoms with Crippen LogP contribution in [-0.4, -0.2) is 12.0 Å². The van der Waals surface area contributed by atoms with Crippen LogP contribution in [0.15, 0.2) is 29.2 Å². The minimum absolute atomic E-state index is 1.01. The van der Waals surface area contributed by atoms with Crippen molar-refractivity contribution in [3.05, 3.63) is 29.1 Å². The topological polar surface area (TPSA) is 24.9 Å². The molecule has 3 rings (SSSR count). The molecule has 0 aliphatic carbocycles. The number of anilines is 1. The van der Waals surface area contributed by atoms with E-state index in [1.165, 1.54) is 21.0 Å². The third kappa shape index (κ3) is 1.44. The average Bonchev–Trinajstić information content (AvgIpc) is 2.72. The van der Waals surface area contributed by atoms with Crippen molar-refractivity contribution in [2.45, 2.75) is 10.6 Å². The third-order valence-corrected chi connectivity index (χ3v) is 4.77. The lowest BCUT2D eigenvalue weighted by molar-refractivity contribution is 1.28.